The van der Waals surface area contributed by atoms with Gasteiger partial charge >= 0.3 is 0 Å². The molecule has 0 aliphatic carbocycles. The highest BCUT2D eigenvalue weighted by Gasteiger charge is 2.16. The number of para-hydroxylation sites is 1. The third-order valence-electron chi connectivity index (χ3n) is 4.14. The summed E-state index contributed by atoms with van der Waals surface area (Å²) in [5.74, 6) is 0.894. The number of benzene rings is 1. The maximum absolute atomic E-state index is 12.3. The molecule has 0 spiro atoms. The summed E-state index contributed by atoms with van der Waals surface area (Å²) in [6, 6.07) is 12.6. The van der Waals surface area contributed by atoms with E-state index in [9.17, 15) is 8.42 Å². The molecule has 0 aliphatic rings. The Kier molecular flexibility index (Phi) is 5.23. The van der Waals surface area contributed by atoms with Crippen LogP contribution in [0.25, 0.3) is 16.8 Å². The van der Waals surface area contributed by atoms with Crippen molar-refractivity contribution in [3.63, 3.8) is 0 Å². The predicted molar refractivity (Wildman–Crippen MR) is 107 cm³/mol. The van der Waals surface area contributed by atoms with Crippen LogP contribution in [0.1, 0.15) is 11.4 Å². The Balaban J connectivity index is 1.28. The van der Waals surface area contributed by atoms with Gasteiger partial charge in [0.05, 0.1) is 5.69 Å². The molecule has 0 saturated heterocycles. The van der Waals surface area contributed by atoms with E-state index in [0.29, 0.717) is 34.8 Å². The van der Waals surface area contributed by atoms with Gasteiger partial charge in [0.25, 0.3) is 0 Å². The molecule has 3 aromatic heterocycles. The summed E-state index contributed by atoms with van der Waals surface area (Å²) in [7, 11) is -3.55. The largest absolute Gasteiger partial charge is 0.367 e. The molecule has 0 amide bonds. The van der Waals surface area contributed by atoms with E-state index in [1.165, 1.54) is 0 Å². The van der Waals surface area contributed by atoms with Gasteiger partial charge in [0.2, 0.25) is 10.0 Å². The molecule has 0 aliphatic heterocycles. The van der Waals surface area contributed by atoms with Crippen LogP contribution in [-0.2, 0) is 15.8 Å². The zero-order chi connectivity index (χ0) is 20.3. The first-order valence-electron chi connectivity index (χ1n) is 8.91. The lowest BCUT2D eigenvalue weighted by atomic mass is 10.2. The van der Waals surface area contributed by atoms with E-state index < -0.39 is 10.0 Å². The van der Waals surface area contributed by atoms with E-state index in [1.54, 1.807) is 41.2 Å². The smallest absolute Gasteiger partial charge is 0.217 e. The molecule has 0 bridgehead atoms. The average molecular weight is 413 g/mol. The van der Waals surface area contributed by atoms with Crippen molar-refractivity contribution in [2.24, 2.45) is 0 Å². The fraction of sp³-hybridized carbons (Fsp3) is 0.222. The number of nitrogens with zero attached hydrogens (tertiary/aromatic N) is 5. The van der Waals surface area contributed by atoms with Gasteiger partial charge in [-0.2, -0.15) is 5.10 Å². The number of rotatable bonds is 8. The van der Waals surface area contributed by atoms with Crippen LogP contribution in [0, 0.1) is 6.92 Å². The summed E-state index contributed by atoms with van der Waals surface area (Å²) in [6.45, 7) is 2.44. The standard InChI is InChI=1S/C18H19N7O3S/c1-13-8-11-25(23-13)18-7-6-17(21-22-18)19-9-10-20-29(26,27)12-15-14-4-2-3-5-16(14)28-24-15/h2-8,11,20H,9-10,12H2,1H3,(H,19,21). The van der Waals surface area contributed by atoms with Gasteiger partial charge < -0.3 is 9.84 Å². The van der Waals surface area contributed by atoms with Crippen molar-refractivity contribution < 1.29 is 12.9 Å². The number of anilines is 1. The van der Waals surface area contributed by atoms with Crippen LogP contribution >= 0.6 is 0 Å². The first kappa shape index (κ1) is 19.0. The number of hydrogen-bond acceptors (Lipinski definition) is 8. The van der Waals surface area contributed by atoms with Crippen molar-refractivity contribution in [1.82, 2.24) is 29.9 Å². The number of aryl methyl sites for hydroxylation is 1. The molecular formula is C18H19N7O3S. The molecule has 0 atom stereocenters. The van der Waals surface area contributed by atoms with Gasteiger partial charge in [-0.3, -0.25) is 0 Å². The normalized spacial score (nSPS) is 11.8. The van der Waals surface area contributed by atoms with Crippen molar-refractivity contribution in [1.29, 1.82) is 0 Å². The molecule has 10 nitrogen and oxygen atoms in total. The highest BCUT2D eigenvalue weighted by molar-refractivity contribution is 7.88. The Hall–Kier alpha value is -3.31. The number of aromatic nitrogens is 5. The van der Waals surface area contributed by atoms with Crippen LogP contribution in [0.3, 0.4) is 0 Å². The molecule has 0 unspecified atom stereocenters. The SMILES string of the molecule is Cc1ccn(-c2ccc(NCCNS(=O)(=O)Cc3noc4ccccc34)nn2)n1. The second-order valence-electron chi connectivity index (χ2n) is 6.38. The second-order valence-corrected chi connectivity index (χ2v) is 8.19. The highest BCUT2D eigenvalue weighted by atomic mass is 32.2. The quantitative estimate of drug-likeness (QED) is 0.417. The number of fused-ring (bicyclic) bond motifs is 1. The first-order valence-corrected chi connectivity index (χ1v) is 10.6. The van der Waals surface area contributed by atoms with Gasteiger partial charge in [0.15, 0.2) is 11.4 Å². The van der Waals surface area contributed by atoms with E-state index >= 15 is 0 Å². The summed E-state index contributed by atoms with van der Waals surface area (Å²) >= 11 is 0. The van der Waals surface area contributed by atoms with Crippen LogP contribution in [0.5, 0.6) is 0 Å². The van der Waals surface area contributed by atoms with Gasteiger partial charge in [0.1, 0.15) is 17.3 Å². The van der Waals surface area contributed by atoms with Crippen molar-refractivity contribution in [3.8, 4) is 5.82 Å². The lowest BCUT2D eigenvalue weighted by Gasteiger charge is -2.07. The third-order valence-corrected chi connectivity index (χ3v) is 5.44. The molecule has 3 heterocycles. The minimum absolute atomic E-state index is 0.194. The molecule has 4 rings (SSSR count). The molecule has 0 saturated carbocycles. The van der Waals surface area contributed by atoms with E-state index in [4.69, 9.17) is 4.52 Å². The Morgan fingerprint density at radius 1 is 1.07 bits per heavy atom. The maximum Gasteiger partial charge on any atom is 0.217 e. The molecule has 1 aromatic carbocycles. The zero-order valence-electron chi connectivity index (χ0n) is 15.6. The lowest BCUT2D eigenvalue weighted by Crippen LogP contribution is -2.30. The van der Waals surface area contributed by atoms with Crippen molar-refractivity contribution in [2.45, 2.75) is 12.7 Å². The second kappa shape index (κ2) is 7.97. The lowest BCUT2D eigenvalue weighted by molar-refractivity contribution is 0.448. The summed E-state index contributed by atoms with van der Waals surface area (Å²) in [6.07, 6.45) is 1.80. The minimum Gasteiger partial charge on any atom is -0.367 e. The van der Waals surface area contributed by atoms with Crippen LogP contribution < -0.4 is 10.0 Å². The Morgan fingerprint density at radius 2 is 1.93 bits per heavy atom. The van der Waals surface area contributed by atoms with Gasteiger partial charge in [0, 0.05) is 24.7 Å². The average Bonchev–Trinajstić information content (AvgIpc) is 3.32. The van der Waals surface area contributed by atoms with E-state index in [-0.39, 0.29) is 12.3 Å². The molecule has 29 heavy (non-hydrogen) atoms. The summed E-state index contributed by atoms with van der Waals surface area (Å²) < 4.78 is 33.9. The molecule has 0 fully saturated rings. The molecular weight excluding hydrogens is 394 g/mol. The topological polar surface area (TPSA) is 128 Å². The Labute approximate surface area is 167 Å². The van der Waals surface area contributed by atoms with Gasteiger partial charge in [-0.25, -0.2) is 17.8 Å². The van der Waals surface area contributed by atoms with Crippen LogP contribution in [0.2, 0.25) is 0 Å². The van der Waals surface area contributed by atoms with Crippen molar-refractivity contribution >= 4 is 26.8 Å². The number of nitrogens with one attached hydrogen (secondary N) is 2. The highest BCUT2D eigenvalue weighted by Crippen LogP contribution is 2.19. The minimum atomic E-state index is -3.55. The fourth-order valence-electron chi connectivity index (χ4n) is 2.75. The summed E-state index contributed by atoms with van der Waals surface area (Å²) in [5, 5.41) is 20.0. The first-order chi connectivity index (χ1) is 14.0. The predicted octanol–water partition coefficient (Wildman–Crippen LogP) is 1.64. The van der Waals surface area contributed by atoms with Crippen LogP contribution in [-0.4, -0.2) is 46.6 Å². The van der Waals surface area contributed by atoms with E-state index in [0.717, 1.165) is 5.69 Å². The number of hydrogen-bond donors (Lipinski definition) is 2. The molecule has 2 N–H and O–H groups in total. The van der Waals surface area contributed by atoms with Crippen LogP contribution in [0.4, 0.5) is 5.82 Å². The zero-order valence-corrected chi connectivity index (χ0v) is 16.4. The van der Waals surface area contributed by atoms with Gasteiger partial charge in [-0.05, 0) is 37.3 Å². The van der Waals surface area contributed by atoms with Crippen molar-refractivity contribution in [2.75, 3.05) is 18.4 Å². The van der Waals surface area contributed by atoms with Crippen molar-refractivity contribution in [3.05, 3.63) is 60.0 Å². The van der Waals surface area contributed by atoms with Gasteiger partial charge in [-0.15, -0.1) is 10.2 Å². The maximum atomic E-state index is 12.3. The Morgan fingerprint density at radius 3 is 2.69 bits per heavy atom. The molecule has 4 aromatic rings. The summed E-state index contributed by atoms with van der Waals surface area (Å²) in [5.41, 5.74) is 1.84. The third kappa shape index (κ3) is 4.58. The monoisotopic (exact) mass is 413 g/mol. The Bertz CT molecular complexity index is 1220. The summed E-state index contributed by atoms with van der Waals surface area (Å²) in [4.78, 5) is 0. The van der Waals surface area contributed by atoms with Crippen LogP contribution in [0.15, 0.2) is 53.2 Å². The van der Waals surface area contributed by atoms with E-state index in [2.05, 4.69) is 30.5 Å². The molecule has 11 heteroatoms. The molecule has 0 radical (unpaired) electrons. The molecule has 150 valence electrons. The number of sulfonamides is 1. The van der Waals surface area contributed by atoms with Gasteiger partial charge in [-0.1, -0.05) is 17.3 Å². The fourth-order valence-corrected chi connectivity index (χ4v) is 3.84. The van der Waals surface area contributed by atoms with E-state index in [1.807, 2.05) is 19.1 Å².